The molecule has 4 aromatic rings. The average molecular weight is 746 g/mol. The molecule has 0 bridgehead atoms. The van der Waals surface area contributed by atoms with Crippen LogP contribution in [0.2, 0.25) is 0 Å². The zero-order valence-electron chi connectivity index (χ0n) is 33.2. The second-order valence-corrected chi connectivity index (χ2v) is 20.4. The average Bonchev–Trinajstić information content (AvgIpc) is 3.36. The van der Waals surface area contributed by atoms with E-state index in [4.69, 9.17) is 14.6 Å². The molecule has 0 saturated heterocycles. The van der Waals surface area contributed by atoms with Crippen molar-refractivity contribution in [3.63, 3.8) is 0 Å². The van der Waals surface area contributed by atoms with Crippen LogP contribution in [0, 0.1) is 13.8 Å². The maximum atomic E-state index is 13.6. The first-order chi connectivity index (χ1) is 24.9. The summed E-state index contributed by atoms with van der Waals surface area (Å²) in [5, 5.41) is 10.5. The van der Waals surface area contributed by atoms with Gasteiger partial charge in [-0.3, -0.25) is 9.59 Å². The molecule has 0 aliphatic carbocycles. The first-order valence-corrected chi connectivity index (χ1v) is 21.4. The van der Waals surface area contributed by atoms with Gasteiger partial charge in [0.1, 0.15) is 18.4 Å². The van der Waals surface area contributed by atoms with Crippen LogP contribution in [0.4, 0.5) is 10.5 Å². The number of alkyl carbamates (subject to hydrolysis) is 1. The molecule has 288 valence electrons. The molecule has 0 aliphatic heterocycles. The molecule has 0 saturated carbocycles. The summed E-state index contributed by atoms with van der Waals surface area (Å²) >= 11 is 0. The van der Waals surface area contributed by atoms with Crippen molar-refractivity contribution in [2.45, 2.75) is 98.6 Å². The van der Waals surface area contributed by atoms with Gasteiger partial charge in [-0.05, 0) is 127 Å². The minimum atomic E-state index is -0.772. The molecule has 2 heterocycles. The molecule has 10 nitrogen and oxygen atoms in total. The number of hydrogen-bond donors (Lipinski definition) is 2. The Morgan fingerprint density at radius 1 is 0.887 bits per heavy atom. The minimum absolute atomic E-state index is 0.00901. The lowest BCUT2D eigenvalue weighted by molar-refractivity contribution is -0.118. The molecule has 4 rings (SSSR count). The van der Waals surface area contributed by atoms with Crippen molar-refractivity contribution in [1.82, 2.24) is 19.7 Å². The van der Waals surface area contributed by atoms with Crippen LogP contribution in [0.1, 0.15) is 76.9 Å². The summed E-state index contributed by atoms with van der Waals surface area (Å²) in [6.07, 6.45) is 11.0. The first kappa shape index (κ1) is 41.4. The SMILES string of the molecule is Cc1nn(COCCS(C)(C)C)c(C)c1-c1ccc(NC(=O)C(CCCCc2ccc(-c3ccc(=O)n(C(C)C)c3)cc2)NC(=O)OC(C)(C)C)cc1. The Hall–Kier alpha value is -4.35. The summed E-state index contributed by atoms with van der Waals surface area (Å²) in [4.78, 5) is 38.5. The number of unbranched alkanes of at least 4 members (excludes halogenated alkanes) is 1. The van der Waals surface area contributed by atoms with Gasteiger partial charge >= 0.3 is 6.09 Å². The Kier molecular flexibility index (Phi) is 14.2. The van der Waals surface area contributed by atoms with E-state index >= 15 is 0 Å². The molecule has 1 atom stereocenters. The lowest BCUT2D eigenvalue weighted by Gasteiger charge is -2.24. The number of anilines is 1. The number of carbonyl (C=O) groups excluding carboxylic acids is 2. The molecule has 53 heavy (non-hydrogen) atoms. The summed E-state index contributed by atoms with van der Waals surface area (Å²) < 4.78 is 15.1. The van der Waals surface area contributed by atoms with Crippen LogP contribution in [0.15, 0.2) is 71.7 Å². The van der Waals surface area contributed by atoms with Crippen LogP contribution in [0.5, 0.6) is 0 Å². The van der Waals surface area contributed by atoms with Crippen molar-refractivity contribution in [3.8, 4) is 22.3 Å². The molecule has 2 aromatic carbocycles. The van der Waals surface area contributed by atoms with Gasteiger partial charge in [-0.1, -0.05) is 42.8 Å². The molecule has 2 N–H and O–H groups in total. The minimum Gasteiger partial charge on any atom is -0.444 e. The second kappa shape index (κ2) is 18.1. The molecule has 2 amide bonds. The van der Waals surface area contributed by atoms with Gasteiger partial charge in [0, 0.05) is 41.0 Å². The normalized spacial score (nSPS) is 12.8. The van der Waals surface area contributed by atoms with E-state index in [-0.39, 0.29) is 17.5 Å². The van der Waals surface area contributed by atoms with Crippen molar-refractivity contribution in [3.05, 3.63) is 94.2 Å². The van der Waals surface area contributed by atoms with Gasteiger partial charge in [-0.2, -0.15) is 5.10 Å². The van der Waals surface area contributed by atoms with Crippen molar-refractivity contribution in [1.29, 1.82) is 0 Å². The van der Waals surface area contributed by atoms with Crippen molar-refractivity contribution in [2.24, 2.45) is 0 Å². The van der Waals surface area contributed by atoms with Gasteiger partial charge in [0.15, 0.2) is 0 Å². The topological polar surface area (TPSA) is 116 Å². The highest BCUT2D eigenvalue weighted by Crippen LogP contribution is 2.34. The van der Waals surface area contributed by atoms with Crippen molar-refractivity contribution < 1.29 is 19.1 Å². The lowest BCUT2D eigenvalue weighted by Crippen LogP contribution is -2.45. The summed E-state index contributed by atoms with van der Waals surface area (Å²) in [7, 11) is -0.614. The predicted octanol–water partition coefficient (Wildman–Crippen LogP) is 8.49. The third-order valence-corrected chi connectivity index (χ3v) is 10.3. The molecule has 0 radical (unpaired) electrons. The number of nitrogens with one attached hydrogen (secondary N) is 2. The van der Waals surface area contributed by atoms with Gasteiger partial charge in [0.2, 0.25) is 5.91 Å². The van der Waals surface area contributed by atoms with Crippen molar-refractivity contribution >= 4 is 27.7 Å². The number of hydrogen-bond acceptors (Lipinski definition) is 6. The molecular formula is C42H59N5O5S. The molecule has 1 unspecified atom stereocenters. The number of nitrogens with zero attached hydrogens (tertiary/aromatic N) is 3. The van der Waals surface area contributed by atoms with Gasteiger partial charge in [-0.25, -0.2) is 19.5 Å². The summed E-state index contributed by atoms with van der Waals surface area (Å²) in [6.45, 7) is 14.5. The predicted molar refractivity (Wildman–Crippen MR) is 219 cm³/mol. The number of amides is 2. The highest BCUT2D eigenvalue weighted by atomic mass is 32.3. The largest absolute Gasteiger partial charge is 0.444 e. The Morgan fingerprint density at radius 3 is 2.15 bits per heavy atom. The van der Waals surface area contributed by atoms with Crippen LogP contribution in [-0.4, -0.2) is 69.1 Å². The Labute approximate surface area is 317 Å². The van der Waals surface area contributed by atoms with E-state index in [9.17, 15) is 14.4 Å². The quantitative estimate of drug-likeness (QED) is 0.111. The van der Waals surface area contributed by atoms with E-state index in [0.29, 0.717) is 25.4 Å². The van der Waals surface area contributed by atoms with E-state index in [1.807, 2.05) is 68.9 Å². The number of ether oxygens (including phenoxy) is 2. The molecule has 2 aromatic heterocycles. The fourth-order valence-corrected chi connectivity index (χ4v) is 6.61. The third kappa shape index (κ3) is 12.6. The van der Waals surface area contributed by atoms with Crippen molar-refractivity contribution in [2.75, 3.05) is 36.4 Å². The van der Waals surface area contributed by atoms with Gasteiger partial charge < -0.3 is 24.7 Å². The van der Waals surface area contributed by atoms with Crippen LogP contribution >= 0.6 is 10.0 Å². The summed E-state index contributed by atoms with van der Waals surface area (Å²) in [5.74, 6) is 0.751. The van der Waals surface area contributed by atoms with E-state index in [1.54, 1.807) is 31.4 Å². The molecule has 0 spiro atoms. The first-order valence-electron chi connectivity index (χ1n) is 18.4. The standard InChI is InChI=1S/C42H59N5O5S/c1-29(2)46-27-35(21-24-38(46)48)33-17-15-32(16-18-33)13-11-12-14-37(44-41(50)52-42(5,6)7)40(49)43-36-22-19-34(20-23-36)39-30(3)45-47(31(39)4)28-51-25-26-53(8,9)10/h15-24,27,29,37H,11-14,25-26,28H2,1-10H3,(H,43,49)(H,44,50). The summed E-state index contributed by atoms with van der Waals surface area (Å²) in [6, 6.07) is 18.8. The van der Waals surface area contributed by atoms with E-state index in [1.165, 1.54) is 5.56 Å². The second-order valence-electron chi connectivity index (χ2n) is 15.8. The van der Waals surface area contributed by atoms with Crippen LogP contribution < -0.4 is 16.2 Å². The number of benzene rings is 2. The number of pyridine rings is 1. The number of rotatable bonds is 16. The molecule has 11 heteroatoms. The Morgan fingerprint density at radius 2 is 1.53 bits per heavy atom. The number of aryl methyl sites for hydroxylation is 2. The van der Waals surface area contributed by atoms with E-state index < -0.39 is 27.8 Å². The van der Waals surface area contributed by atoms with Gasteiger partial charge in [0.25, 0.3) is 5.56 Å². The van der Waals surface area contributed by atoms with Gasteiger partial charge in [-0.15, -0.1) is 0 Å². The highest BCUT2D eigenvalue weighted by Gasteiger charge is 2.24. The third-order valence-electron chi connectivity index (χ3n) is 8.87. The van der Waals surface area contributed by atoms with Crippen LogP contribution in [-0.2, 0) is 27.4 Å². The fraction of sp³-hybridized carbons (Fsp3) is 0.476. The molecular weight excluding hydrogens is 687 g/mol. The summed E-state index contributed by atoms with van der Waals surface area (Å²) in [5.41, 5.74) is 7.14. The fourth-order valence-electron chi connectivity index (χ4n) is 5.99. The zero-order chi connectivity index (χ0) is 38.9. The molecule has 0 aliphatic rings. The maximum Gasteiger partial charge on any atom is 0.408 e. The Bertz CT molecular complexity index is 1880. The van der Waals surface area contributed by atoms with E-state index in [0.717, 1.165) is 58.7 Å². The monoisotopic (exact) mass is 745 g/mol. The molecule has 0 fully saturated rings. The highest BCUT2D eigenvalue weighted by molar-refractivity contribution is 8.32. The number of carbonyl (C=O) groups is 2. The number of aromatic nitrogens is 3. The van der Waals surface area contributed by atoms with E-state index in [2.05, 4.69) is 53.7 Å². The smallest absolute Gasteiger partial charge is 0.408 e. The maximum absolute atomic E-state index is 13.6. The van der Waals surface area contributed by atoms with Crippen LogP contribution in [0.25, 0.3) is 22.3 Å². The zero-order valence-corrected chi connectivity index (χ0v) is 34.1. The van der Waals surface area contributed by atoms with Gasteiger partial charge in [0.05, 0.1) is 12.3 Å². The lowest BCUT2D eigenvalue weighted by atomic mass is 10.0. The van der Waals surface area contributed by atoms with Crippen LogP contribution in [0.3, 0.4) is 0 Å². The Balaban J connectivity index is 1.36.